The molecule has 0 aromatic heterocycles. The molecule has 1 aliphatic carbocycles. The molecule has 0 atom stereocenters. The van der Waals surface area contributed by atoms with Gasteiger partial charge in [-0.3, -0.25) is 0 Å². The molecule has 104 valence electrons. The van der Waals surface area contributed by atoms with Crippen LogP contribution in [0.25, 0.3) is 0 Å². The Morgan fingerprint density at radius 3 is 2.58 bits per heavy atom. The zero-order chi connectivity index (χ0) is 13.7. The zero-order valence-electron chi connectivity index (χ0n) is 11.8. The quantitative estimate of drug-likeness (QED) is 0.894. The van der Waals surface area contributed by atoms with Crippen LogP contribution in [0.1, 0.15) is 50.7 Å². The molecule has 0 spiro atoms. The van der Waals surface area contributed by atoms with Gasteiger partial charge >= 0.3 is 0 Å². The van der Waals surface area contributed by atoms with Crippen molar-refractivity contribution in [1.29, 1.82) is 0 Å². The molecule has 0 saturated heterocycles. The van der Waals surface area contributed by atoms with E-state index in [1.165, 1.54) is 36.8 Å². The van der Waals surface area contributed by atoms with Crippen LogP contribution < -0.4 is 10.5 Å². The molecule has 19 heavy (non-hydrogen) atoms. The summed E-state index contributed by atoms with van der Waals surface area (Å²) in [4.78, 5) is 0. The third kappa shape index (κ3) is 2.21. The minimum absolute atomic E-state index is 0.0883. The van der Waals surface area contributed by atoms with Gasteiger partial charge < -0.3 is 10.5 Å². The second-order valence-corrected chi connectivity index (χ2v) is 7.53. The molecule has 0 bridgehead atoms. The second-order valence-electron chi connectivity index (χ2n) is 6.68. The largest absolute Gasteiger partial charge is 0.486 e. The van der Waals surface area contributed by atoms with Gasteiger partial charge in [0.25, 0.3) is 0 Å². The number of halogens is 1. The molecule has 3 heteroatoms. The summed E-state index contributed by atoms with van der Waals surface area (Å²) in [6, 6.07) is 4.57. The van der Waals surface area contributed by atoms with E-state index in [4.69, 9.17) is 10.5 Å². The lowest BCUT2D eigenvalue weighted by molar-refractivity contribution is 0.137. The molecule has 3 rings (SSSR count). The molecule has 1 aliphatic heterocycles. The number of rotatable bonds is 2. The highest BCUT2D eigenvalue weighted by Crippen LogP contribution is 2.46. The topological polar surface area (TPSA) is 35.2 Å². The Balaban J connectivity index is 2.04. The summed E-state index contributed by atoms with van der Waals surface area (Å²) >= 11 is 3.68. The van der Waals surface area contributed by atoms with Crippen molar-refractivity contribution in [3.63, 3.8) is 0 Å². The molecule has 0 unspecified atom stereocenters. The van der Waals surface area contributed by atoms with Gasteiger partial charge in [0.05, 0.1) is 4.47 Å². The molecule has 0 amide bonds. The molecular weight excluding hydrogens is 302 g/mol. The van der Waals surface area contributed by atoms with E-state index in [1.807, 2.05) is 0 Å². The Morgan fingerprint density at radius 1 is 1.26 bits per heavy atom. The van der Waals surface area contributed by atoms with Crippen LogP contribution in [0.2, 0.25) is 0 Å². The fourth-order valence-corrected chi connectivity index (χ4v) is 4.22. The molecule has 1 aromatic rings. The smallest absolute Gasteiger partial charge is 0.137 e. The number of benzene rings is 1. The van der Waals surface area contributed by atoms with E-state index in [2.05, 4.69) is 41.9 Å². The molecule has 2 N–H and O–H groups in total. The van der Waals surface area contributed by atoms with Crippen LogP contribution in [0.3, 0.4) is 0 Å². The summed E-state index contributed by atoms with van der Waals surface area (Å²) in [7, 11) is 0. The Bertz CT molecular complexity index is 504. The van der Waals surface area contributed by atoms with Crippen molar-refractivity contribution in [3.8, 4) is 5.75 Å². The predicted molar refractivity (Wildman–Crippen MR) is 81.8 cm³/mol. The molecule has 2 nitrogen and oxygen atoms in total. The van der Waals surface area contributed by atoms with Crippen molar-refractivity contribution in [3.05, 3.63) is 27.7 Å². The zero-order valence-corrected chi connectivity index (χ0v) is 13.3. The predicted octanol–water partition coefficient (Wildman–Crippen LogP) is 3.93. The molecule has 1 heterocycles. The number of hydrogen-bond acceptors (Lipinski definition) is 2. The Morgan fingerprint density at radius 2 is 1.95 bits per heavy atom. The summed E-state index contributed by atoms with van der Waals surface area (Å²) in [5.41, 5.74) is 8.94. The first-order valence-corrected chi connectivity index (χ1v) is 7.97. The third-order valence-electron chi connectivity index (χ3n) is 4.68. The van der Waals surface area contributed by atoms with Crippen molar-refractivity contribution >= 4 is 15.9 Å². The molecule has 0 radical (unpaired) electrons. The van der Waals surface area contributed by atoms with Gasteiger partial charge in [0.1, 0.15) is 11.4 Å². The van der Waals surface area contributed by atoms with Gasteiger partial charge in [0.2, 0.25) is 0 Å². The highest BCUT2D eigenvalue weighted by molar-refractivity contribution is 9.10. The van der Waals surface area contributed by atoms with Crippen LogP contribution in [0.5, 0.6) is 5.75 Å². The van der Waals surface area contributed by atoms with Crippen LogP contribution in [0.15, 0.2) is 16.6 Å². The van der Waals surface area contributed by atoms with Gasteiger partial charge in [-0.25, -0.2) is 0 Å². The lowest BCUT2D eigenvalue weighted by Crippen LogP contribution is -2.32. The van der Waals surface area contributed by atoms with Crippen molar-refractivity contribution in [2.75, 3.05) is 6.54 Å². The van der Waals surface area contributed by atoms with Gasteiger partial charge in [0, 0.05) is 18.4 Å². The molecular formula is C16H22BrNO. The summed E-state index contributed by atoms with van der Waals surface area (Å²) in [5, 5.41) is 0. The fraction of sp³-hybridized carbons (Fsp3) is 0.625. The van der Waals surface area contributed by atoms with Crippen LogP contribution in [0, 0.1) is 0 Å². The highest BCUT2D eigenvalue weighted by atomic mass is 79.9. The van der Waals surface area contributed by atoms with Crippen molar-refractivity contribution in [2.45, 2.75) is 57.0 Å². The van der Waals surface area contributed by atoms with Crippen molar-refractivity contribution in [1.82, 2.24) is 0 Å². The molecule has 2 aliphatic rings. The first-order chi connectivity index (χ1) is 8.96. The SMILES string of the molecule is CC1(C)Cc2cc(C3(CN)CCCC3)cc(Br)c2O1. The Hall–Kier alpha value is -0.540. The van der Waals surface area contributed by atoms with E-state index in [9.17, 15) is 0 Å². The Kier molecular flexibility index (Phi) is 3.18. The average Bonchev–Trinajstić information content (AvgIpc) is 2.93. The minimum Gasteiger partial charge on any atom is -0.486 e. The van der Waals surface area contributed by atoms with E-state index in [0.29, 0.717) is 0 Å². The number of fused-ring (bicyclic) bond motifs is 1. The van der Waals surface area contributed by atoms with Crippen LogP contribution in [0.4, 0.5) is 0 Å². The van der Waals surface area contributed by atoms with Crippen molar-refractivity contribution < 1.29 is 4.74 Å². The van der Waals surface area contributed by atoms with E-state index < -0.39 is 0 Å². The highest BCUT2D eigenvalue weighted by Gasteiger charge is 2.38. The lowest BCUT2D eigenvalue weighted by atomic mass is 9.78. The van der Waals surface area contributed by atoms with Gasteiger partial charge in [0.15, 0.2) is 0 Å². The van der Waals surface area contributed by atoms with E-state index in [0.717, 1.165) is 23.2 Å². The molecule has 1 fully saturated rings. The van der Waals surface area contributed by atoms with E-state index in [1.54, 1.807) is 0 Å². The molecule has 1 saturated carbocycles. The van der Waals surface area contributed by atoms with Gasteiger partial charge in [-0.2, -0.15) is 0 Å². The third-order valence-corrected chi connectivity index (χ3v) is 5.27. The first-order valence-electron chi connectivity index (χ1n) is 7.18. The minimum atomic E-state index is -0.0883. The maximum absolute atomic E-state index is 6.10. The lowest BCUT2D eigenvalue weighted by Gasteiger charge is -2.28. The van der Waals surface area contributed by atoms with Gasteiger partial charge in [-0.05, 0) is 59.8 Å². The van der Waals surface area contributed by atoms with Crippen LogP contribution >= 0.6 is 15.9 Å². The monoisotopic (exact) mass is 323 g/mol. The standard InChI is InChI=1S/C16H22BrNO/c1-15(2)9-11-7-12(8-13(17)14(11)19-15)16(10-18)5-3-4-6-16/h7-8H,3-6,9-10,18H2,1-2H3. The number of ether oxygens (including phenoxy) is 1. The average molecular weight is 324 g/mol. The number of hydrogen-bond donors (Lipinski definition) is 1. The van der Waals surface area contributed by atoms with Gasteiger partial charge in [-0.1, -0.05) is 18.9 Å². The summed E-state index contributed by atoms with van der Waals surface area (Å²) < 4.78 is 7.12. The van der Waals surface area contributed by atoms with Crippen LogP contribution in [-0.4, -0.2) is 12.1 Å². The first kappa shape index (κ1) is 13.4. The molecule has 1 aromatic carbocycles. The second kappa shape index (κ2) is 4.49. The normalized spacial score (nSPS) is 23.2. The van der Waals surface area contributed by atoms with Crippen LogP contribution in [-0.2, 0) is 11.8 Å². The van der Waals surface area contributed by atoms with E-state index in [-0.39, 0.29) is 11.0 Å². The summed E-state index contributed by atoms with van der Waals surface area (Å²) in [5.74, 6) is 1.03. The van der Waals surface area contributed by atoms with Crippen molar-refractivity contribution in [2.24, 2.45) is 5.73 Å². The fourth-order valence-electron chi connectivity index (χ4n) is 3.64. The van der Waals surface area contributed by atoms with Gasteiger partial charge in [-0.15, -0.1) is 0 Å². The maximum Gasteiger partial charge on any atom is 0.137 e. The summed E-state index contributed by atoms with van der Waals surface area (Å²) in [6.45, 7) is 5.04. The Labute approximate surface area is 123 Å². The summed E-state index contributed by atoms with van der Waals surface area (Å²) in [6.07, 6.45) is 6.02. The number of nitrogens with two attached hydrogens (primary N) is 1. The van der Waals surface area contributed by atoms with E-state index >= 15 is 0 Å². The maximum atomic E-state index is 6.10.